The molecule has 1 aromatic carbocycles. The molecule has 0 aliphatic rings. The third kappa shape index (κ3) is 2.13. The fourth-order valence-electron chi connectivity index (χ4n) is 1.47. The molecule has 92 valence electrons. The first-order valence-electron chi connectivity index (χ1n) is 4.84. The minimum atomic E-state index is -4.48. The van der Waals surface area contributed by atoms with Crippen molar-refractivity contribution in [3.63, 3.8) is 0 Å². The number of nitrogen functional groups attached to an aromatic ring is 1. The van der Waals surface area contributed by atoms with E-state index in [4.69, 9.17) is 11.0 Å². The molecule has 0 unspecified atom stereocenters. The number of nitriles is 1. The lowest BCUT2D eigenvalue weighted by molar-refractivity contribution is -0.137. The quantitative estimate of drug-likeness (QED) is 0.847. The summed E-state index contributed by atoms with van der Waals surface area (Å²) in [6.45, 7) is 0. The van der Waals surface area contributed by atoms with E-state index in [9.17, 15) is 13.2 Å². The Balaban J connectivity index is 2.55. The van der Waals surface area contributed by atoms with Crippen molar-refractivity contribution in [2.24, 2.45) is 0 Å². The Hall–Kier alpha value is -2.49. The van der Waals surface area contributed by atoms with E-state index in [1.807, 2.05) is 0 Å². The van der Waals surface area contributed by atoms with E-state index in [1.165, 1.54) is 23.0 Å². The molecule has 1 aromatic heterocycles. The highest BCUT2D eigenvalue weighted by Gasteiger charge is 2.31. The molecule has 0 saturated carbocycles. The minimum absolute atomic E-state index is 0.118. The van der Waals surface area contributed by atoms with Gasteiger partial charge in [-0.05, 0) is 18.2 Å². The lowest BCUT2D eigenvalue weighted by Crippen LogP contribution is -2.07. The van der Waals surface area contributed by atoms with Gasteiger partial charge in [-0.25, -0.2) is 4.68 Å². The van der Waals surface area contributed by atoms with Gasteiger partial charge in [0, 0.05) is 12.3 Å². The molecule has 0 radical (unpaired) electrons. The minimum Gasteiger partial charge on any atom is -0.382 e. The van der Waals surface area contributed by atoms with Crippen LogP contribution in [0.3, 0.4) is 0 Å². The largest absolute Gasteiger partial charge is 0.416 e. The van der Waals surface area contributed by atoms with Crippen LogP contribution >= 0.6 is 0 Å². The van der Waals surface area contributed by atoms with E-state index in [0.29, 0.717) is 0 Å². The maximum atomic E-state index is 12.5. The summed E-state index contributed by atoms with van der Waals surface area (Å²) in [4.78, 5) is 0. The number of halogens is 3. The van der Waals surface area contributed by atoms with Crippen molar-refractivity contribution in [1.29, 1.82) is 5.26 Å². The Labute approximate surface area is 100 Å². The fourth-order valence-corrected chi connectivity index (χ4v) is 1.47. The van der Waals surface area contributed by atoms with Crippen LogP contribution in [-0.4, -0.2) is 9.78 Å². The number of benzene rings is 1. The van der Waals surface area contributed by atoms with Crippen molar-refractivity contribution in [1.82, 2.24) is 9.78 Å². The molecule has 2 N–H and O–H groups in total. The monoisotopic (exact) mass is 252 g/mol. The zero-order valence-electron chi connectivity index (χ0n) is 8.94. The van der Waals surface area contributed by atoms with Gasteiger partial charge >= 0.3 is 6.18 Å². The van der Waals surface area contributed by atoms with Crippen molar-refractivity contribution >= 4 is 5.82 Å². The van der Waals surface area contributed by atoms with Gasteiger partial charge in [0.2, 0.25) is 0 Å². The zero-order chi connectivity index (χ0) is 13.3. The van der Waals surface area contributed by atoms with Gasteiger partial charge in [0.15, 0.2) is 0 Å². The number of nitrogens with two attached hydrogens (primary N) is 1. The molecule has 0 bridgehead atoms. The summed E-state index contributed by atoms with van der Waals surface area (Å²) < 4.78 is 38.7. The van der Waals surface area contributed by atoms with Crippen LogP contribution < -0.4 is 5.73 Å². The number of aromatic nitrogens is 2. The van der Waals surface area contributed by atoms with Crippen LogP contribution in [0.2, 0.25) is 0 Å². The lowest BCUT2D eigenvalue weighted by Gasteiger charge is -2.09. The average molecular weight is 252 g/mol. The molecule has 0 spiro atoms. The first-order chi connectivity index (χ1) is 8.41. The van der Waals surface area contributed by atoms with E-state index >= 15 is 0 Å². The molecule has 0 aliphatic carbocycles. The fraction of sp³-hybridized carbons (Fsp3) is 0.0909. The second-order valence-electron chi connectivity index (χ2n) is 3.53. The molecular weight excluding hydrogens is 245 g/mol. The average Bonchev–Trinajstić information content (AvgIpc) is 2.73. The molecule has 2 aromatic rings. The molecule has 0 fully saturated rings. The van der Waals surface area contributed by atoms with E-state index in [2.05, 4.69) is 5.10 Å². The standard InChI is InChI=1S/C11H7F3N4/c12-11(13,14)8-1-2-9(7(5-8)6-15)18-4-3-10(16)17-18/h1-5H,(H2,16,17). The van der Waals surface area contributed by atoms with Crippen molar-refractivity contribution < 1.29 is 13.2 Å². The van der Waals surface area contributed by atoms with Crippen LogP contribution in [0.5, 0.6) is 0 Å². The van der Waals surface area contributed by atoms with Crippen LogP contribution in [0.1, 0.15) is 11.1 Å². The van der Waals surface area contributed by atoms with Crippen LogP contribution in [0.25, 0.3) is 5.69 Å². The highest BCUT2D eigenvalue weighted by Crippen LogP contribution is 2.31. The van der Waals surface area contributed by atoms with Crippen molar-refractivity contribution in [3.05, 3.63) is 41.6 Å². The molecule has 1 heterocycles. The highest BCUT2D eigenvalue weighted by molar-refractivity contribution is 5.51. The van der Waals surface area contributed by atoms with Gasteiger partial charge in [-0.3, -0.25) is 0 Å². The molecular formula is C11H7F3N4. The molecule has 7 heteroatoms. The Bertz CT molecular complexity index is 622. The Kier molecular flexibility index (Phi) is 2.71. The highest BCUT2D eigenvalue weighted by atomic mass is 19.4. The van der Waals surface area contributed by atoms with Crippen LogP contribution in [0.4, 0.5) is 19.0 Å². The summed E-state index contributed by atoms with van der Waals surface area (Å²) >= 11 is 0. The van der Waals surface area contributed by atoms with E-state index in [1.54, 1.807) is 6.07 Å². The van der Waals surface area contributed by atoms with Crippen molar-refractivity contribution in [2.45, 2.75) is 6.18 Å². The SMILES string of the molecule is N#Cc1cc(C(F)(F)F)ccc1-n1ccc(N)n1. The molecule has 0 saturated heterocycles. The number of anilines is 1. The van der Waals surface area contributed by atoms with Gasteiger partial charge in [-0.2, -0.15) is 23.5 Å². The summed E-state index contributed by atoms with van der Waals surface area (Å²) in [6, 6.07) is 6.07. The molecule has 0 amide bonds. The second-order valence-corrected chi connectivity index (χ2v) is 3.53. The summed E-state index contributed by atoms with van der Waals surface area (Å²) in [5, 5.41) is 12.7. The van der Waals surface area contributed by atoms with Gasteiger partial charge in [0.25, 0.3) is 0 Å². The lowest BCUT2D eigenvalue weighted by atomic mass is 10.1. The maximum absolute atomic E-state index is 12.5. The molecule has 0 aliphatic heterocycles. The normalized spacial score (nSPS) is 11.2. The first-order valence-corrected chi connectivity index (χ1v) is 4.84. The third-order valence-corrected chi connectivity index (χ3v) is 2.30. The van der Waals surface area contributed by atoms with Gasteiger partial charge in [-0.1, -0.05) is 0 Å². The molecule has 2 rings (SSSR count). The number of hydrogen-bond donors (Lipinski definition) is 1. The Morgan fingerprint density at radius 2 is 2.00 bits per heavy atom. The van der Waals surface area contributed by atoms with Crippen LogP contribution in [0, 0.1) is 11.3 Å². The van der Waals surface area contributed by atoms with Gasteiger partial charge in [0.1, 0.15) is 11.9 Å². The smallest absolute Gasteiger partial charge is 0.382 e. The number of hydrogen-bond acceptors (Lipinski definition) is 3. The topological polar surface area (TPSA) is 67.6 Å². The number of rotatable bonds is 1. The van der Waals surface area contributed by atoms with Crippen LogP contribution in [-0.2, 0) is 6.18 Å². The summed E-state index contributed by atoms with van der Waals surface area (Å²) in [7, 11) is 0. The molecule has 0 atom stereocenters. The van der Waals surface area contributed by atoms with Crippen LogP contribution in [0.15, 0.2) is 30.5 Å². The molecule has 18 heavy (non-hydrogen) atoms. The first kappa shape index (κ1) is 12.0. The van der Waals surface area contributed by atoms with Crippen molar-refractivity contribution in [3.8, 4) is 11.8 Å². The predicted octanol–water partition coefficient (Wildman–Crippen LogP) is 2.34. The number of alkyl halides is 3. The second kappa shape index (κ2) is 4.07. The van der Waals surface area contributed by atoms with E-state index < -0.39 is 11.7 Å². The van der Waals surface area contributed by atoms with E-state index in [-0.39, 0.29) is 17.1 Å². The van der Waals surface area contributed by atoms with Gasteiger partial charge in [-0.15, -0.1) is 0 Å². The molecule has 4 nitrogen and oxygen atoms in total. The zero-order valence-corrected chi connectivity index (χ0v) is 8.94. The number of nitrogens with zero attached hydrogens (tertiary/aromatic N) is 3. The maximum Gasteiger partial charge on any atom is 0.416 e. The summed E-state index contributed by atoms with van der Waals surface area (Å²) in [6.07, 6.45) is -3.01. The van der Waals surface area contributed by atoms with Gasteiger partial charge in [0.05, 0.1) is 16.8 Å². The Morgan fingerprint density at radius 1 is 1.28 bits per heavy atom. The van der Waals surface area contributed by atoms with Crippen molar-refractivity contribution in [2.75, 3.05) is 5.73 Å². The van der Waals surface area contributed by atoms with E-state index in [0.717, 1.165) is 12.1 Å². The third-order valence-electron chi connectivity index (χ3n) is 2.30. The summed E-state index contributed by atoms with van der Waals surface area (Å²) in [5.74, 6) is 0.221. The van der Waals surface area contributed by atoms with Gasteiger partial charge < -0.3 is 5.73 Å². The Morgan fingerprint density at radius 3 is 2.50 bits per heavy atom. The predicted molar refractivity (Wildman–Crippen MR) is 57.7 cm³/mol. The summed E-state index contributed by atoms with van der Waals surface area (Å²) in [5.41, 5.74) is 4.67.